The Bertz CT molecular complexity index is 604. The van der Waals surface area contributed by atoms with E-state index in [0.717, 1.165) is 11.3 Å². The van der Waals surface area contributed by atoms with Gasteiger partial charge in [0.05, 0.1) is 13.2 Å². The van der Waals surface area contributed by atoms with Crippen molar-refractivity contribution < 1.29 is 19.1 Å². The number of esters is 1. The molecule has 0 unspecified atom stereocenters. The average Bonchev–Trinajstić information content (AvgIpc) is 2.58. The van der Waals surface area contributed by atoms with E-state index in [1.54, 1.807) is 14.0 Å². The van der Waals surface area contributed by atoms with Gasteiger partial charge in [-0.15, -0.1) is 0 Å². The van der Waals surface area contributed by atoms with Crippen molar-refractivity contribution in [3.05, 3.63) is 29.8 Å². The Labute approximate surface area is 142 Å². The van der Waals surface area contributed by atoms with Gasteiger partial charge in [-0.3, -0.25) is 9.59 Å². The minimum absolute atomic E-state index is 0.0581. The number of aryl methyl sites for hydroxylation is 1. The summed E-state index contributed by atoms with van der Waals surface area (Å²) in [6.07, 6.45) is 0.700. The van der Waals surface area contributed by atoms with Crippen LogP contribution in [0, 0.1) is 17.2 Å². The summed E-state index contributed by atoms with van der Waals surface area (Å²) >= 11 is 0. The van der Waals surface area contributed by atoms with Crippen LogP contribution in [-0.2, 0) is 20.7 Å². The number of ether oxygens (including phenoxy) is 2. The van der Waals surface area contributed by atoms with E-state index in [2.05, 4.69) is 11.4 Å². The lowest BCUT2D eigenvalue weighted by Crippen LogP contribution is -2.50. The Morgan fingerprint density at radius 1 is 1.29 bits per heavy atom. The number of amides is 1. The Hall–Kier alpha value is -2.55. The molecule has 0 radical (unpaired) electrons. The van der Waals surface area contributed by atoms with E-state index in [1.165, 1.54) is 0 Å². The molecular weight excluding hydrogens is 308 g/mol. The highest BCUT2D eigenvalue weighted by Gasteiger charge is 2.30. The fourth-order valence-electron chi connectivity index (χ4n) is 1.88. The molecule has 1 aromatic carbocycles. The summed E-state index contributed by atoms with van der Waals surface area (Å²) in [5.74, 6) is -0.240. The lowest BCUT2D eigenvalue weighted by molar-refractivity contribution is -0.149. The Morgan fingerprint density at radius 3 is 2.42 bits per heavy atom. The van der Waals surface area contributed by atoms with Crippen LogP contribution in [0.25, 0.3) is 0 Å². The van der Waals surface area contributed by atoms with E-state index < -0.39 is 17.4 Å². The van der Waals surface area contributed by atoms with Crippen molar-refractivity contribution in [1.29, 1.82) is 5.26 Å². The molecule has 0 saturated carbocycles. The quantitative estimate of drug-likeness (QED) is 0.737. The van der Waals surface area contributed by atoms with Crippen LogP contribution in [0.15, 0.2) is 24.3 Å². The first kappa shape index (κ1) is 19.5. The minimum Gasteiger partial charge on any atom is -0.497 e. The van der Waals surface area contributed by atoms with Crippen molar-refractivity contribution in [2.45, 2.75) is 39.2 Å². The third-order valence-electron chi connectivity index (χ3n) is 3.93. The smallest absolute Gasteiger partial charge is 0.306 e. The summed E-state index contributed by atoms with van der Waals surface area (Å²) in [7, 11) is 1.59. The molecule has 0 saturated heterocycles. The maximum Gasteiger partial charge on any atom is 0.306 e. The zero-order valence-electron chi connectivity index (χ0n) is 14.6. The third-order valence-corrected chi connectivity index (χ3v) is 3.93. The van der Waals surface area contributed by atoms with Gasteiger partial charge >= 0.3 is 5.97 Å². The highest BCUT2D eigenvalue weighted by atomic mass is 16.5. The number of methoxy groups -OCH3 is 1. The molecule has 0 spiro atoms. The van der Waals surface area contributed by atoms with Gasteiger partial charge < -0.3 is 14.8 Å². The van der Waals surface area contributed by atoms with Gasteiger partial charge in [-0.1, -0.05) is 26.0 Å². The Balaban J connectivity index is 2.37. The first-order valence-corrected chi connectivity index (χ1v) is 7.81. The number of hydrogen-bond donors (Lipinski definition) is 1. The van der Waals surface area contributed by atoms with Gasteiger partial charge in [0.1, 0.15) is 11.3 Å². The highest BCUT2D eigenvalue weighted by molar-refractivity contribution is 5.81. The number of nitriles is 1. The van der Waals surface area contributed by atoms with Crippen molar-refractivity contribution in [1.82, 2.24) is 5.32 Å². The molecular formula is C18H24N2O4. The zero-order chi connectivity index (χ0) is 18.2. The number of hydrogen-bond acceptors (Lipinski definition) is 5. The fourth-order valence-corrected chi connectivity index (χ4v) is 1.88. The van der Waals surface area contributed by atoms with Crippen LogP contribution in [-0.4, -0.2) is 31.1 Å². The largest absolute Gasteiger partial charge is 0.497 e. The highest BCUT2D eigenvalue weighted by Crippen LogP contribution is 2.15. The molecule has 0 aliphatic rings. The third kappa shape index (κ3) is 5.92. The maximum absolute atomic E-state index is 11.8. The van der Waals surface area contributed by atoms with Gasteiger partial charge in [0.15, 0.2) is 6.61 Å². The molecule has 6 nitrogen and oxygen atoms in total. The molecule has 1 atom stereocenters. The van der Waals surface area contributed by atoms with Crippen molar-refractivity contribution >= 4 is 11.9 Å². The molecule has 130 valence electrons. The molecule has 1 rings (SSSR count). The van der Waals surface area contributed by atoms with E-state index in [4.69, 9.17) is 14.7 Å². The lowest BCUT2D eigenvalue weighted by Gasteiger charge is -2.27. The number of carbonyl (C=O) groups excluding carboxylic acids is 2. The molecule has 1 amide bonds. The number of nitrogens with one attached hydrogen (secondary N) is 1. The van der Waals surface area contributed by atoms with Crippen LogP contribution >= 0.6 is 0 Å². The van der Waals surface area contributed by atoms with Gasteiger partial charge in [0, 0.05) is 6.42 Å². The van der Waals surface area contributed by atoms with Gasteiger partial charge in [-0.05, 0) is 37.0 Å². The number of nitrogens with zero attached hydrogens (tertiary/aromatic N) is 1. The van der Waals surface area contributed by atoms with Crippen LogP contribution in [0.5, 0.6) is 5.75 Å². The standard InChI is InChI=1S/C18H24N2O4/c1-13(2)18(3,12-19)20-16(21)11-24-17(22)10-7-14-5-8-15(23-4)9-6-14/h5-6,8-9,13H,7,10-11H2,1-4H3,(H,20,21)/t18-/m1/s1. The molecule has 0 heterocycles. The summed E-state index contributed by atoms with van der Waals surface area (Å²) in [5.41, 5.74) is 0.00104. The second-order valence-electron chi connectivity index (χ2n) is 6.03. The summed E-state index contributed by atoms with van der Waals surface area (Å²) < 4.78 is 10.0. The number of benzene rings is 1. The summed E-state index contributed by atoms with van der Waals surface area (Å²) in [6, 6.07) is 9.46. The molecule has 0 bridgehead atoms. The van der Waals surface area contributed by atoms with E-state index in [-0.39, 0.29) is 18.9 Å². The molecule has 1 N–H and O–H groups in total. The summed E-state index contributed by atoms with van der Waals surface area (Å²) in [5, 5.41) is 11.7. The van der Waals surface area contributed by atoms with Gasteiger partial charge in [0.2, 0.25) is 0 Å². The van der Waals surface area contributed by atoms with Crippen molar-refractivity contribution in [3.8, 4) is 11.8 Å². The van der Waals surface area contributed by atoms with E-state index in [9.17, 15) is 9.59 Å². The minimum atomic E-state index is -0.980. The molecule has 0 aliphatic carbocycles. The molecule has 6 heteroatoms. The predicted molar refractivity (Wildman–Crippen MR) is 89.3 cm³/mol. The van der Waals surface area contributed by atoms with Crippen LogP contribution < -0.4 is 10.1 Å². The van der Waals surface area contributed by atoms with Crippen molar-refractivity contribution in [2.75, 3.05) is 13.7 Å². The van der Waals surface area contributed by atoms with E-state index in [1.807, 2.05) is 38.1 Å². The number of carbonyl (C=O) groups is 2. The first-order chi connectivity index (χ1) is 11.3. The SMILES string of the molecule is COc1ccc(CCC(=O)OCC(=O)N[C@](C)(C#N)C(C)C)cc1. The topological polar surface area (TPSA) is 88.4 Å². The zero-order valence-corrected chi connectivity index (χ0v) is 14.6. The predicted octanol–water partition coefficient (Wildman–Crippen LogP) is 2.23. The van der Waals surface area contributed by atoms with Crippen molar-refractivity contribution in [2.24, 2.45) is 5.92 Å². The van der Waals surface area contributed by atoms with Crippen LogP contribution in [0.2, 0.25) is 0 Å². The van der Waals surface area contributed by atoms with Crippen LogP contribution in [0.1, 0.15) is 32.8 Å². The van der Waals surface area contributed by atoms with Crippen LogP contribution in [0.4, 0.5) is 0 Å². The Kier molecular flexibility index (Phi) is 7.25. The molecule has 0 aromatic heterocycles. The summed E-state index contributed by atoms with van der Waals surface area (Å²) in [6.45, 7) is 4.93. The molecule has 0 aliphatic heterocycles. The molecule has 24 heavy (non-hydrogen) atoms. The maximum atomic E-state index is 11.8. The van der Waals surface area contributed by atoms with Gasteiger partial charge in [-0.25, -0.2) is 0 Å². The van der Waals surface area contributed by atoms with Crippen LogP contribution in [0.3, 0.4) is 0 Å². The fraction of sp³-hybridized carbons (Fsp3) is 0.500. The summed E-state index contributed by atoms with van der Waals surface area (Å²) in [4.78, 5) is 23.5. The second kappa shape index (κ2) is 8.92. The lowest BCUT2D eigenvalue weighted by atomic mass is 9.90. The van der Waals surface area contributed by atoms with Crippen molar-refractivity contribution in [3.63, 3.8) is 0 Å². The van der Waals surface area contributed by atoms with E-state index >= 15 is 0 Å². The number of rotatable bonds is 8. The van der Waals surface area contributed by atoms with Gasteiger partial charge in [0.25, 0.3) is 5.91 Å². The van der Waals surface area contributed by atoms with E-state index in [0.29, 0.717) is 6.42 Å². The normalized spacial score (nSPS) is 12.8. The first-order valence-electron chi connectivity index (χ1n) is 7.81. The van der Waals surface area contributed by atoms with Gasteiger partial charge in [-0.2, -0.15) is 5.26 Å². The Morgan fingerprint density at radius 2 is 1.92 bits per heavy atom. The molecule has 1 aromatic rings. The average molecular weight is 332 g/mol. The molecule has 0 fully saturated rings. The second-order valence-corrected chi connectivity index (χ2v) is 6.03. The monoisotopic (exact) mass is 332 g/mol.